The predicted molar refractivity (Wildman–Crippen MR) is 51.2 cm³/mol. The van der Waals surface area contributed by atoms with Gasteiger partial charge in [-0.05, 0) is 12.1 Å². The van der Waals surface area contributed by atoms with Crippen LogP contribution < -0.4 is 0 Å². The first-order valence-electron chi connectivity index (χ1n) is 4.70. The lowest BCUT2D eigenvalue weighted by molar-refractivity contribution is 0.0967. The van der Waals surface area contributed by atoms with Crippen LogP contribution in [-0.2, 0) is 15.1 Å². The number of nitrogens with zero attached hydrogens (tertiary/aromatic N) is 1. The molecule has 2 saturated heterocycles. The van der Waals surface area contributed by atoms with Crippen molar-refractivity contribution < 1.29 is 9.47 Å². The summed E-state index contributed by atoms with van der Waals surface area (Å²) in [6, 6.07) is 5.66. The van der Waals surface area contributed by atoms with E-state index in [2.05, 4.69) is 4.98 Å². The number of ether oxygens (including phenoxy) is 2. The molecule has 4 heteroatoms. The van der Waals surface area contributed by atoms with E-state index in [0.717, 1.165) is 18.7 Å². The van der Waals surface area contributed by atoms with E-state index >= 15 is 0 Å². The van der Waals surface area contributed by atoms with Gasteiger partial charge in [0.25, 0.3) is 0 Å². The molecule has 0 radical (unpaired) electrons. The Bertz CT molecular complexity index is 371. The molecule has 0 spiro atoms. The second-order valence-corrected chi connectivity index (χ2v) is 4.05. The molecule has 2 aliphatic heterocycles. The van der Waals surface area contributed by atoms with Crippen molar-refractivity contribution in [1.82, 2.24) is 4.98 Å². The quantitative estimate of drug-likeness (QED) is 0.524. The molecule has 0 amide bonds. The van der Waals surface area contributed by atoms with Gasteiger partial charge in [0.15, 0.2) is 0 Å². The minimum Gasteiger partial charge on any atom is -0.378 e. The van der Waals surface area contributed by atoms with Gasteiger partial charge in [-0.25, -0.2) is 4.98 Å². The van der Waals surface area contributed by atoms with Gasteiger partial charge in [0, 0.05) is 13.0 Å². The summed E-state index contributed by atoms with van der Waals surface area (Å²) >= 11 is 5.85. The van der Waals surface area contributed by atoms with E-state index in [1.165, 1.54) is 0 Å². The van der Waals surface area contributed by atoms with Crippen LogP contribution in [0.2, 0.25) is 5.15 Å². The summed E-state index contributed by atoms with van der Waals surface area (Å²) in [6.07, 6.45) is 1.06. The van der Waals surface area contributed by atoms with Crippen LogP contribution in [0.1, 0.15) is 12.1 Å². The lowest BCUT2D eigenvalue weighted by Gasteiger charge is -2.16. The Morgan fingerprint density at radius 3 is 3.21 bits per heavy atom. The highest BCUT2D eigenvalue weighted by Gasteiger charge is 2.60. The van der Waals surface area contributed by atoms with Gasteiger partial charge in [0.1, 0.15) is 16.9 Å². The summed E-state index contributed by atoms with van der Waals surface area (Å²) in [5.41, 5.74) is 0.752. The second-order valence-electron chi connectivity index (χ2n) is 3.67. The first-order chi connectivity index (χ1) is 6.81. The maximum Gasteiger partial charge on any atom is 0.141 e. The standard InChI is InChI=1S/C10H10ClNO2/c11-9-3-1-2-7(12-9)10-4-5-13-6-8(10)14-10/h1-3,8H,4-6H2. The number of fused-ring (bicyclic) bond motifs is 1. The first-order valence-corrected chi connectivity index (χ1v) is 5.08. The van der Waals surface area contributed by atoms with E-state index in [1.807, 2.05) is 12.1 Å². The average Bonchev–Trinajstić information content (AvgIpc) is 2.93. The number of hydrogen-bond acceptors (Lipinski definition) is 3. The van der Waals surface area contributed by atoms with Crippen LogP contribution >= 0.6 is 11.6 Å². The maximum atomic E-state index is 5.85. The third kappa shape index (κ3) is 1.16. The van der Waals surface area contributed by atoms with Crippen LogP contribution in [0.4, 0.5) is 0 Å². The van der Waals surface area contributed by atoms with E-state index in [9.17, 15) is 0 Å². The molecule has 1 aromatic heterocycles. The molecule has 0 bridgehead atoms. The number of rotatable bonds is 1. The van der Waals surface area contributed by atoms with E-state index in [1.54, 1.807) is 6.07 Å². The highest BCUT2D eigenvalue weighted by molar-refractivity contribution is 6.29. The second kappa shape index (κ2) is 2.92. The van der Waals surface area contributed by atoms with E-state index < -0.39 is 0 Å². The van der Waals surface area contributed by atoms with Gasteiger partial charge >= 0.3 is 0 Å². The topological polar surface area (TPSA) is 34.6 Å². The molecule has 14 heavy (non-hydrogen) atoms. The molecule has 0 aliphatic carbocycles. The SMILES string of the molecule is Clc1cccc(C23CCOCC2O3)n1. The van der Waals surface area contributed by atoms with E-state index in [4.69, 9.17) is 21.1 Å². The monoisotopic (exact) mass is 211 g/mol. The summed E-state index contributed by atoms with van der Waals surface area (Å²) in [5.74, 6) is 0. The Morgan fingerprint density at radius 2 is 2.43 bits per heavy atom. The van der Waals surface area contributed by atoms with Crippen LogP contribution in [0.25, 0.3) is 0 Å². The Labute approximate surface area is 87.0 Å². The van der Waals surface area contributed by atoms with Gasteiger partial charge < -0.3 is 9.47 Å². The van der Waals surface area contributed by atoms with Crippen LogP contribution in [-0.4, -0.2) is 24.3 Å². The van der Waals surface area contributed by atoms with Crippen molar-refractivity contribution in [2.75, 3.05) is 13.2 Å². The van der Waals surface area contributed by atoms with Crippen molar-refractivity contribution in [3.8, 4) is 0 Å². The molecular formula is C10H10ClNO2. The number of hydrogen-bond donors (Lipinski definition) is 0. The fraction of sp³-hybridized carbons (Fsp3) is 0.500. The minimum atomic E-state index is -0.191. The summed E-state index contributed by atoms with van der Waals surface area (Å²) in [6.45, 7) is 1.42. The number of epoxide rings is 1. The smallest absolute Gasteiger partial charge is 0.141 e. The van der Waals surface area contributed by atoms with Crippen LogP contribution in [0.3, 0.4) is 0 Å². The Kier molecular flexibility index (Phi) is 1.81. The number of aromatic nitrogens is 1. The highest BCUT2D eigenvalue weighted by Crippen LogP contribution is 2.50. The van der Waals surface area contributed by atoms with Gasteiger partial charge in [-0.2, -0.15) is 0 Å². The molecule has 2 aliphatic rings. The van der Waals surface area contributed by atoms with Gasteiger partial charge in [0.05, 0.1) is 12.3 Å². The fourth-order valence-corrected chi connectivity index (χ4v) is 2.18. The summed E-state index contributed by atoms with van der Waals surface area (Å²) in [7, 11) is 0. The highest BCUT2D eigenvalue weighted by atomic mass is 35.5. The maximum absolute atomic E-state index is 5.85. The van der Waals surface area contributed by atoms with Gasteiger partial charge in [-0.15, -0.1) is 0 Å². The average molecular weight is 212 g/mol. The molecule has 0 saturated carbocycles. The van der Waals surface area contributed by atoms with E-state index in [0.29, 0.717) is 11.8 Å². The van der Waals surface area contributed by atoms with Crippen molar-refractivity contribution in [3.05, 3.63) is 29.0 Å². The lowest BCUT2D eigenvalue weighted by Crippen LogP contribution is -2.25. The predicted octanol–water partition coefficient (Wildman–Crippen LogP) is 1.75. The third-order valence-corrected chi connectivity index (χ3v) is 3.06. The normalized spacial score (nSPS) is 35.1. The number of halogens is 1. The van der Waals surface area contributed by atoms with Crippen molar-refractivity contribution in [1.29, 1.82) is 0 Å². The van der Waals surface area contributed by atoms with Crippen LogP contribution in [0, 0.1) is 0 Å². The Morgan fingerprint density at radius 1 is 1.50 bits per heavy atom. The molecular weight excluding hydrogens is 202 g/mol. The molecule has 2 fully saturated rings. The lowest BCUT2D eigenvalue weighted by atomic mass is 9.95. The van der Waals surface area contributed by atoms with Crippen LogP contribution in [0.15, 0.2) is 18.2 Å². The number of pyridine rings is 1. The summed E-state index contributed by atoms with van der Waals surface area (Å²) in [4.78, 5) is 4.30. The molecule has 3 heterocycles. The Hall–Kier alpha value is -0.640. The zero-order valence-electron chi connectivity index (χ0n) is 7.57. The molecule has 1 aromatic rings. The van der Waals surface area contributed by atoms with Gasteiger partial charge in [0.2, 0.25) is 0 Å². The van der Waals surface area contributed by atoms with Crippen molar-refractivity contribution in [3.63, 3.8) is 0 Å². The molecule has 2 atom stereocenters. The molecule has 3 rings (SSSR count). The molecule has 2 unspecified atom stereocenters. The minimum absolute atomic E-state index is 0.183. The molecule has 3 nitrogen and oxygen atoms in total. The van der Waals surface area contributed by atoms with Crippen LogP contribution in [0.5, 0.6) is 0 Å². The fourth-order valence-electron chi connectivity index (χ4n) is 2.02. The molecule has 0 N–H and O–H groups in total. The summed E-state index contributed by atoms with van der Waals surface area (Å²) < 4.78 is 11.0. The first kappa shape index (κ1) is 8.65. The zero-order valence-corrected chi connectivity index (χ0v) is 8.33. The third-order valence-electron chi connectivity index (χ3n) is 2.85. The van der Waals surface area contributed by atoms with Crippen molar-refractivity contribution >= 4 is 11.6 Å². The van der Waals surface area contributed by atoms with E-state index in [-0.39, 0.29) is 11.7 Å². The van der Waals surface area contributed by atoms with Gasteiger partial charge in [-0.3, -0.25) is 0 Å². The molecule has 0 aromatic carbocycles. The van der Waals surface area contributed by atoms with Crippen molar-refractivity contribution in [2.45, 2.75) is 18.1 Å². The largest absolute Gasteiger partial charge is 0.378 e. The zero-order chi connectivity index (χ0) is 9.60. The van der Waals surface area contributed by atoms with Crippen molar-refractivity contribution in [2.24, 2.45) is 0 Å². The summed E-state index contributed by atoms with van der Waals surface area (Å²) in [5, 5.41) is 0.526. The Balaban J connectivity index is 1.95. The molecule has 74 valence electrons. The van der Waals surface area contributed by atoms with Gasteiger partial charge in [-0.1, -0.05) is 17.7 Å².